The van der Waals surface area contributed by atoms with Crippen LogP contribution in [0.15, 0.2) is 78.9 Å². The summed E-state index contributed by atoms with van der Waals surface area (Å²) in [4.78, 5) is 34.1. The minimum Gasteiger partial charge on any atom is -0.273 e. The Labute approximate surface area is 192 Å². The zero-order chi connectivity index (χ0) is 23.3. The first-order chi connectivity index (χ1) is 15.8. The molecule has 2 heterocycles. The molecule has 0 aromatic heterocycles. The van der Waals surface area contributed by atoms with Crippen molar-refractivity contribution < 1.29 is 18.8 Å². The second kappa shape index (κ2) is 7.81. The lowest BCUT2D eigenvalue weighted by atomic mass is 9.84. The lowest BCUT2D eigenvalue weighted by molar-refractivity contribution is -0.126. The van der Waals surface area contributed by atoms with Crippen LogP contribution < -0.4 is 9.96 Å². The molecule has 0 radical (unpaired) electrons. The van der Waals surface area contributed by atoms with E-state index in [4.69, 9.17) is 4.84 Å². The molecule has 0 bridgehead atoms. The highest BCUT2D eigenvalue weighted by atomic mass is 19.1. The molecule has 3 aromatic carbocycles. The molecule has 0 unspecified atom stereocenters. The van der Waals surface area contributed by atoms with Gasteiger partial charge in [0.25, 0.3) is 5.91 Å². The fourth-order valence-electron chi connectivity index (χ4n) is 4.58. The van der Waals surface area contributed by atoms with E-state index in [1.165, 1.54) is 29.8 Å². The fraction of sp³-hybridized carbons (Fsp3) is 0.259. The van der Waals surface area contributed by atoms with Gasteiger partial charge in [0.1, 0.15) is 11.7 Å². The van der Waals surface area contributed by atoms with E-state index in [-0.39, 0.29) is 11.3 Å². The molecule has 5 nitrogen and oxygen atoms in total. The average Bonchev–Trinajstić information content (AvgIpc) is 3.31. The lowest BCUT2D eigenvalue weighted by Crippen LogP contribution is -2.37. The molecule has 2 saturated heterocycles. The Morgan fingerprint density at radius 1 is 0.788 bits per heavy atom. The quantitative estimate of drug-likeness (QED) is 0.523. The number of halogens is 1. The summed E-state index contributed by atoms with van der Waals surface area (Å²) >= 11 is 0. The van der Waals surface area contributed by atoms with Crippen molar-refractivity contribution in [2.24, 2.45) is 5.92 Å². The molecule has 5 rings (SSSR count). The standard InChI is InChI=1S/C27H25FN2O3/c1-27(2,3)18-11-9-17(10-12-18)23-22-24(33-30(23)21-7-5-4-6-8-21)26(32)29(25(22)31)20-15-13-19(28)14-16-20/h4-16,22-24H,1-3H3/t22-,23+,24-/m0/s1. The summed E-state index contributed by atoms with van der Waals surface area (Å²) in [7, 11) is 0. The Kier molecular flexibility index (Phi) is 5.05. The molecular weight excluding hydrogens is 419 g/mol. The minimum absolute atomic E-state index is 0.00904. The Morgan fingerprint density at radius 2 is 1.42 bits per heavy atom. The molecule has 2 fully saturated rings. The Bertz CT molecular complexity index is 1190. The molecule has 2 amide bonds. The van der Waals surface area contributed by atoms with Gasteiger partial charge in [-0.1, -0.05) is 63.2 Å². The number of anilines is 2. The van der Waals surface area contributed by atoms with Gasteiger partial charge < -0.3 is 0 Å². The molecule has 0 saturated carbocycles. The van der Waals surface area contributed by atoms with Crippen molar-refractivity contribution in [2.75, 3.05) is 9.96 Å². The van der Waals surface area contributed by atoms with Gasteiger partial charge in [0.2, 0.25) is 5.91 Å². The second-order valence-electron chi connectivity index (χ2n) is 9.52. The number of hydrogen-bond acceptors (Lipinski definition) is 4. The first-order valence-electron chi connectivity index (χ1n) is 11.0. The molecule has 168 valence electrons. The summed E-state index contributed by atoms with van der Waals surface area (Å²) in [6, 6.07) is 22.5. The average molecular weight is 445 g/mol. The van der Waals surface area contributed by atoms with Crippen LogP contribution in [0.2, 0.25) is 0 Å². The number of hydrogen-bond donors (Lipinski definition) is 0. The summed E-state index contributed by atoms with van der Waals surface area (Å²) < 4.78 is 13.4. The number of nitrogens with zero attached hydrogens (tertiary/aromatic N) is 2. The number of para-hydroxylation sites is 1. The zero-order valence-electron chi connectivity index (χ0n) is 18.7. The highest BCUT2D eigenvalue weighted by Gasteiger charge is 2.60. The van der Waals surface area contributed by atoms with Crippen molar-refractivity contribution in [2.45, 2.75) is 38.3 Å². The maximum absolute atomic E-state index is 13.6. The van der Waals surface area contributed by atoms with Gasteiger partial charge in [0.05, 0.1) is 17.4 Å². The molecule has 0 aliphatic carbocycles. The second-order valence-corrected chi connectivity index (χ2v) is 9.52. The predicted octanol–water partition coefficient (Wildman–Crippen LogP) is 5.17. The van der Waals surface area contributed by atoms with Crippen LogP contribution >= 0.6 is 0 Å². The minimum atomic E-state index is -0.949. The van der Waals surface area contributed by atoms with E-state index >= 15 is 0 Å². The monoisotopic (exact) mass is 444 g/mol. The van der Waals surface area contributed by atoms with Gasteiger partial charge in [0, 0.05) is 0 Å². The topological polar surface area (TPSA) is 49.9 Å². The van der Waals surface area contributed by atoms with Gasteiger partial charge >= 0.3 is 0 Å². The maximum atomic E-state index is 13.6. The van der Waals surface area contributed by atoms with E-state index in [0.29, 0.717) is 5.69 Å². The van der Waals surface area contributed by atoms with Crippen molar-refractivity contribution >= 4 is 23.2 Å². The van der Waals surface area contributed by atoms with Crippen LogP contribution in [-0.2, 0) is 19.8 Å². The molecular formula is C27H25FN2O3. The van der Waals surface area contributed by atoms with E-state index in [1.807, 2.05) is 42.5 Å². The third-order valence-corrected chi connectivity index (χ3v) is 6.33. The number of benzene rings is 3. The highest BCUT2D eigenvalue weighted by Crippen LogP contribution is 2.47. The molecule has 0 spiro atoms. The highest BCUT2D eigenvalue weighted by molar-refractivity contribution is 6.23. The molecule has 2 aliphatic heterocycles. The molecule has 0 N–H and O–H groups in total. The molecule has 2 aliphatic rings. The molecule has 6 heteroatoms. The van der Waals surface area contributed by atoms with Gasteiger partial charge in [-0.3, -0.25) is 14.4 Å². The number of fused-ring (bicyclic) bond motifs is 1. The smallest absolute Gasteiger partial charge is 0.266 e. The zero-order valence-corrected chi connectivity index (χ0v) is 18.7. The summed E-state index contributed by atoms with van der Waals surface area (Å²) in [5.41, 5.74) is 3.17. The Morgan fingerprint density at radius 3 is 2.03 bits per heavy atom. The van der Waals surface area contributed by atoms with Crippen LogP contribution in [0.25, 0.3) is 0 Å². The van der Waals surface area contributed by atoms with Crippen LogP contribution in [0.3, 0.4) is 0 Å². The van der Waals surface area contributed by atoms with Crippen LogP contribution in [0.1, 0.15) is 37.9 Å². The SMILES string of the molecule is CC(C)(C)c1ccc([C@@H]2[C@@H]3C(=O)N(c4ccc(F)cc4)C(=O)[C@H]3ON2c2ccccc2)cc1. The van der Waals surface area contributed by atoms with E-state index < -0.39 is 29.8 Å². The summed E-state index contributed by atoms with van der Waals surface area (Å²) in [5, 5.41) is 1.68. The third-order valence-electron chi connectivity index (χ3n) is 6.33. The fourth-order valence-corrected chi connectivity index (χ4v) is 4.58. The largest absolute Gasteiger partial charge is 0.273 e. The molecule has 3 atom stereocenters. The van der Waals surface area contributed by atoms with E-state index in [9.17, 15) is 14.0 Å². The van der Waals surface area contributed by atoms with Crippen molar-refractivity contribution in [3.63, 3.8) is 0 Å². The van der Waals surface area contributed by atoms with E-state index in [1.54, 1.807) is 5.06 Å². The Hall–Kier alpha value is -3.51. The molecule has 3 aromatic rings. The summed E-state index contributed by atoms with van der Waals surface area (Å²) in [5.74, 6) is -1.93. The van der Waals surface area contributed by atoms with Gasteiger partial charge in [-0.15, -0.1) is 0 Å². The van der Waals surface area contributed by atoms with Crippen molar-refractivity contribution in [1.29, 1.82) is 0 Å². The van der Waals surface area contributed by atoms with Crippen molar-refractivity contribution in [3.8, 4) is 0 Å². The number of imide groups is 1. The normalized spacial score (nSPS) is 22.7. The maximum Gasteiger partial charge on any atom is 0.266 e. The Balaban J connectivity index is 1.57. The number of hydroxylamine groups is 1. The predicted molar refractivity (Wildman–Crippen MR) is 124 cm³/mol. The van der Waals surface area contributed by atoms with E-state index in [0.717, 1.165) is 16.2 Å². The first kappa shape index (κ1) is 21.3. The number of amides is 2. The van der Waals surface area contributed by atoms with Crippen LogP contribution in [0.4, 0.5) is 15.8 Å². The lowest BCUT2D eigenvalue weighted by Gasteiger charge is -2.29. The summed E-state index contributed by atoms with van der Waals surface area (Å²) in [6.07, 6.45) is -0.949. The van der Waals surface area contributed by atoms with Gasteiger partial charge in [-0.25, -0.2) is 14.4 Å². The van der Waals surface area contributed by atoms with Gasteiger partial charge in [-0.05, 0) is 52.9 Å². The van der Waals surface area contributed by atoms with Crippen LogP contribution in [0, 0.1) is 11.7 Å². The van der Waals surface area contributed by atoms with Gasteiger partial charge in [-0.2, -0.15) is 0 Å². The van der Waals surface area contributed by atoms with Crippen molar-refractivity contribution in [3.05, 3.63) is 95.8 Å². The first-order valence-corrected chi connectivity index (χ1v) is 11.0. The van der Waals surface area contributed by atoms with Crippen LogP contribution in [-0.4, -0.2) is 17.9 Å². The third kappa shape index (κ3) is 3.60. The van der Waals surface area contributed by atoms with Crippen molar-refractivity contribution in [1.82, 2.24) is 0 Å². The molecule has 33 heavy (non-hydrogen) atoms. The van der Waals surface area contributed by atoms with Crippen LogP contribution in [0.5, 0.6) is 0 Å². The number of carbonyl (C=O) groups is 2. The number of carbonyl (C=O) groups excluding carboxylic acids is 2. The number of rotatable bonds is 3. The van der Waals surface area contributed by atoms with E-state index in [2.05, 4.69) is 32.9 Å². The summed E-state index contributed by atoms with van der Waals surface area (Å²) in [6.45, 7) is 6.44. The van der Waals surface area contributed by atoms with Gasteiger partial charge in [0.15, 0.2) is 6.10 Å².